The lowest BCUT2D eigenvalue weighted by atomic mass is 10.1. The van der Waals surface area contributed by atoms with Gasteiger partial charge in [-0.05, 0) is 43.3 Å². The Kier molecular flexibility index (Phi) is 4.15. The van der Waals surface area contributed by atoms with Crippen molar-refractivity contribution < 1.29 is 0 Å². The maximum absolute atomic E-state index is 5.92. The van der Waals surface area contributed by atoms with Crippen LogP contribution in [-0.4, -0.2) is 16.9 Å². The first kappa shape index (κ1) is 12.6. The summed E-state index contributed by atoms with van der Waals surface area (Å²) in [6.45, 7) is 3.96. The minimum atomic E-state index is 0.855. The lowest BCUT2D eigenvalue weighted by Gasteiger charge is -2.16. The van der Waals surface area contributed by atoms with Gasteiger partial charge in [0.2, 0.25) is 0 Å². The fourth-order valence-electron chi connectivity index (χ4n) is 1.73. The number of aromatic nitrogens is 1. The quantitative estimate of drug-likeness (QED) is 0.838. The average molecular weight is 267 g/mol. The summed E-state index contributed by atoms with van der Waals surface area (Å²) in [5.74, 6) is 0. The molecule has 0 spiro atoms. The van der Waals surface area contributed by atoms with Crippen LogP contribution in [0.3, 0.4) is 0 Å². The van der Waals surface area contributed by atoms with Crippen molar-refractivity contribution in [3.63, 3.8) is 0 Å². The first-order chi connectivity index (χ1) is 8.15. The molecule has 0 unspecified atom stereocenters. The molecule has 0 fully saturated rings. The van der Waals surface area contributed by atoms with Gasteiger partial charge in [-0.2, -0.15) is 0 Å². The van der Waals surface area contributed by atoms with E-state index in [1.165, 1.54) is 16.0 Å². The zero-order valence-corrected chi connectivity index (χ0v) is 11.6. The molecule has 90 valence electrons. The highest BCUT2D eigenvalue weighted by atomic mass is 35.5. The van der Waals surface area contributed by atoms with Crippen LogP contribution in [0, 0.1) is 6.92 Å². The SMILES string of the molecule is Cc1cnccc1CN(C)Cc1ccc(Cl)s1. The van der Waals surface area contributed by atoms with Crippen LogP contribution in [0.2, 0.25) is 4.34 Å². The lowest BCUT2D eigenvalue weighted by Crippen LogP contribution is -2.17. The van der Waals surface area contributed by atoms with Gasteiger partial charge in [-0.1, -0.05) is 11.6 Å². The monoisotopic (exact) mass is 266 g/mol. The molecular weight excluding hydrogens is 252 g/mol. The molecule has 2 heterocycles. The topological polar surface area (TPSA) is 16.1 Å². The van der Waals surface area contributed by atoms with E-state index in [9.17, 15) is 0 Å². The van der Waals surface area contributed by atoms with E-state index >= 15 is 0 Å². The second-order valence-corrected chi connectivity index (χ2v) is 5.98. The molecule has 0 amide bonds. The molecule has 0 atom stereocenters. The highest BCUT2D eigenvalue weighted by molar-refractivity contribution is 7.16. The van der Waals surface area contributed by atoms with Crippen LogP contribution in [-0.2, 0) is 13.1 Å². The van der Waals surface area contributed by atoms with Gasteiger partial charge in [0.25, 0.3) is 0 Å². The van der Waals surface area contributed by atoms with E-state index in [-0.39, 0.29) is 0 Å². The number of rotatable bonds is 4. The zero-order valence-electron chi connectivity index (χ0n) is 9.98. The summed E-state index contributed by atoms with van der Waals surface area (Å²) < 4.78 is 0.855. The van der Waals surface area contributed by atoms with E-state index in [2.05, 4.69) is 36.0 Å². The molecule has 0 aliphatic carbocycles. The van der Waals surface area contributed by atoms with Crippen molar-refractivity contribution in [1.82, 2.24) is 9.88 Å². The van der Waals surface area contributed by atoms with Gasteiger partial charge in [-0.15, -0.1) is 11.3 Å². The van der Waals surface area contributed by atoms with Crippen LogP contribution < -0.4 is 0 Å². The van der Waals surface area contributed by atoms with Gasteiger partial charge in [0.15, 0.2) is 0 Å². The zero-order chi connectivity index (χ0) is 12.3. The van der Waals surface area contributed by atoms with E-state index in [0.29, 0.717) is 0 Å². The minimum Gasteiger partial charge on any atom is -0.297 e. The number of aryl methyl sites for hydroxylation is 1. The maximum Gasteiger partial charge on any atom is 0.0931 e. The van der Waals surface area contributed by atoms with Crippen molar-refractivity contribution >= 4 is 22.9 Å². The normalized spacial score (nSPS) is 11.1. The summed E-state index contributed by atoms with van der Waals surface area (Å²) >= 11 is 7.56. The van der Waals surface area contributed by atoms with Crippen LogP contribution in [0.15, 0.2) is 30.6 Å². The molecule has 0 saturated heterocycles. The molecule has 0 bridgehead atoms. The number of pyridine rings is 1. The third kappa shape index (κ3) is 3.53. The summed E-state index contributed by atoms with van der Waals surface area (Å²) in [6, 6.07) is 6.11. The van der Waals surface area contributed by atoms with Crippen molar-refractivity contribution in [2.45, 2.75) is 20.0 Å². The largest absolute Gasteiger partial charge is 0.297 e. The van der Waals surface area contributed by atoms with Crippen LogP contribution in [0.5, 0.6) is 0 Å². The standard InChI is InChI=1S/C13H15ClN2S/c1-10-7-15-6-5-11(10)8-16(2)9-12-3-4-13(14)17-12/h3-7H,8-9H2,1-2H3. The fraction of sp³-hybridized carbons (Fsp3) is 0.308. The second-order valence-electron chi connectivity index (χ2n) is 4.18. The third-order valence-electron chi connectivity index (χ3n) is 2.63. The highest BCUT2D eigenvalue weighted by Crippen LogP contribution is 2.22. The van der Waals surface area contributed by atoms with Crippen molar-refractivity contribution in [2.24, 2.45) is 0 Å². The van der Waals surface area contributed by atoms with Gasteiger partial charge >= 0.3 is 0 Å². The van der Waals surface area contributed by atoms with Gasteiger partial charge < -0.3 is 0 Å². The molecule has 4 heteroatoms. The first-order valence-electron chi connectivity index (χ1n) is 5.47. The van der Waals surface area contributed by atoms with Crippen molar-refractivity contribution in [3.8, 4) is 0 Å². The van der Waals surface area contributed by atoms with E-state index < -0.39 is 0 Å². The van der Waals surface area contributed by atoms with E-state index in [4.69, 9.17) is 11.6 Å². The molecule has 2 aromatic rings. The summed E-state index contributed by atoms with van der Waals surface area (Å²) in [6.07, 6.45) is 3.75. The Labute approximate surface area is 111 Å². The van der Waals surface area contributed by atoms with Crippen molar-refractivity contribution in [3.05, 3.63) is 50.9 Å². The smallest absolute Gasteiger partial charge is 0.0931 e. The molecule has 0 saturated carbocycles. The summed E-state index contributed by atoms with van der Waals surface area (Å²) in [7, 11) is 2.12. The molecule has 2 aromatic heterocycles. The number of hydrogen-bond donors (Lipinski definition) is 0. The van der Waals surface area contributed by atoms with Crippen molar-refractivity contribution in [2.75, 3.05) is 7.05 Å². The van der Waals surface area contributed by atoms with E-state index in [0.717, 1.165) is 17.4 Å². The number of hydrogen-bond acceptors (Lipinski definition) is 3. The van der Waals surface area contributed by atoms with Gasteiger partial charge in [0.1, 0.15) is 0 Å². The molecule has 0 aliphatic rings. The Balaban J connectivity index is 1.98. The molecule has 0 aliphatic heterocycles. The van der Waals surface area contributed by atoms with Crippen molar-refractivity contribution in [1.29, 1.82) is 0 Å². The van der Waals surface area contributed by atoms with Gasteiger partial charge in [-0.25, -0.2) is 0 Å². The van der Waals surface area contributed by atoms with E-state index in [1.807, 2.05) is 18.5 Å². The van der Waals surface area contributed by atoms with Gasteiger partial charge in [0.05, 0.1) is 4.34 Å². The maximum atomic E-state index is 5.92. The molecule has 0 N–H and O–H groups in total. The summed E-state index contributed by atoms with van der Waals surface area (Å²) in [4.78, 5) is 7.68. The second kappa shape index (κ2) is 5.63. The Morgan fingerprint density at radius 3 is 2.76 bits per heavy atom. The van der Waals surface area contributed by atoms with Crippen LogP contribution >= 0.6 is 22.9 Å². The molecule has 0 radical (unpaired) electrons. The molecule has 0 aromatic carbocycles. The Bertz CT molecular complexity index is 496. The number of nitrogens with zero attached hydrogens (tertiary/aromatic N) is 2. The summed E-state index contributed by atoms with van der Waals surface area (Å²) in [5, 5.41) is 0. The van der Waals surface area contributed by atoms with Gasteiger partial charge in [0, 0.05) is 30.4 Å². The van der Waals surface area contributed by atoms with Crippen LogP contribution in [0.1, 0.15) is 16.0 Å². The lowest BCUT2D eigenvalue weighted by molar-refractivity contribution is 0.321. The van der Waals surface area contributed by atoms with Crippen LogP contribution in [0.4, 0.5) is 0 Å². The fourth-order valence-corrected chi connectivity index (χ4v) is 2.90. The van der Waals surface area contributed by atoms with Crippen LogP contribution in [0.25, 0.3) is 0 Å². The highest BCUT2D eigenvalue weighted by Gasteiger charge is 2.05. The first-order valence-corrected chi connectivity index (χ1v) is 6.67. The number of halogens is 1. The molecule has 2 nitrogen and oxygen atoms in total. The molecular formula is C13H15ClN2S. The Morgan fingerprint density at radius 1 is 1.29 bits per heavy atom. The average Bonchev–Trinajstić information content (AvgIpc) is 2.67. The molecule has 17 heavy (non-hydrogen) atoms. The predicted octanol–water partition coefficient (Wildman–Crippen LogP) is 3.74. The number of thiophene rings is 1. The minimum absolute atomic E-state index is 0.855. The van der Waals surface area contributed by atoms with Gasteiger partial charge in [-0.3, -0.25) is 9.88 Å². The Morgan fingerprint density at radius 2 is 2.12 bits per heavy atom. The Hall–Kier alpha value is -0.900. The molecule has 2 rings (SSSR count). The third-order valence-corrected chi connectivity index (χ3v) is 3.85. The predicted molar refractivity (Wildman–Crippen MR) is 73.5 cm³/mol. The van der Waals surface area contributed by atoms with E-state index in [1.54, 1.807) is 11.3 Å². The summed E-state index contributed by atoms with van der Waals surface area (Å²) in [5.41, 5.74) is 2.56.